The van der Waals surface area contributed by atoms with Gasteiger partial charge in [0.05, 0.1) is 4.90 Å². The van der Waals surface area contributed by atoms with Gasteiger partial charge in [0.1, 0.15) is 0 Å². The van der Waals surface area contributed by atoms with Crippen molar-refractivity contribution in [1.29, 1.82) is 0 Å². The maximum atomic E-state index is 13.2. The van der Waals surface area contributed by atoms with Crippen LogP contribution in [-0.4, -0.2) is 57.1 Å². The highest BCUT2D eigenvalue weighted by Gasteiger charge is 2.25. The molecule has 5 rings (SSSR count). The Bertz CT molecular complexity index is 1380. The molecule has 0 aliphatic carbocycles. The summed E-state index contributed by atoms with van der Waals surface area (Å²) in [4.78, 5) is 17.4. The molecule has 0 atom stereocenters. The van der Waals surface area contributed by atoms with Crippen molar-refractivity contribution >= 4 is 21.6 Å². The molecule has 0 radical (unpaired) electrons. The summed E-state index contributed by atoms with van der Waals surface area (Å²) in [6.45, 7) is 7.28. The molecule has 2 aliphatic heterocycles. The van der Waals surface area contributed by atoms with E-state index in [9.17, 15) is 13.2 Å². The van der Waals surface area contributed by atoms with Crippen molar-refractivity contribution in [1.82, 2.24) is 9.80 Å². The number of carbonyl (C=O) groups excluding carboxylic acids is 1. The van der Waals surface area contributed by atoms with Gasteiger partial charge in [-0.3, -0.25) is 14.4 Å². The molecule has 0 saturated carbocycles. The molecule has 3 aromatic carbocycles. The minimum atomic E-state index is -3.84. The van der Waals surface area contributed by atoms with Crippen molar-refractivity contribution < 1.29 is 22.7 Å². The molecule has 0 aromatic heterocycles. The van der Waals surface area contributed by atoms with Crippen molar-refractivity contribution in [2.24, 2.45) is 0 Å². The summed E-state index contributed by atoms with van der Waals surface area (Å²) < 4.78 is 39.6. The zero-order valence-electron chi connectivity index (χ0n) is 20.4. The number of benzene rings is 3. The predicted octanol–water partition coefficient (Wildman–Crippen LogP) is 3.79. The third-order valence-electron chi connectivity index (χ3n) is 6.53. The number of fused-ring (bicyclic) bond motifs is 1. The average molecular weight is 508 g/mol. The summed E-state index contributed by atoms with van der Waals surface area (Å²) in [5.74, 6) is 1.37. The maximum absolute atomic E-state index is 13.2. The van der Waals surface area contributed by atoms with Crippen molar-refractivity contribution in [3.8, 4) is 11.5 Å². The van der Waals surface area contributed by atoms with Gasteiger partial charge in [0, 0.05) is 44.0 Å². The van der Waals surface area contributed by atoms with Crippen LogP contribution in [0.4, 0.5) is 5.69 Å². The lowest BCUT2D eigenvalue weighted by Crippen LogP contribution is -2.48. The van der Waals surface area contributed by atoms with E-state index in [0.29, 0.717) is 29.9 Å². The molecule has 0 bridgehead atoms. The van der Waals surface area contributed by atoms with Crippen LogP contribution in [0.1, 0.15) is 27.0 Å². The zero-order valence-corrected chi connectivity index (χ0v) is 21.2. The number of nitrogens with zero attached hydrogens (tertiary/aromatic N) is 2. The number of nitrogens with one attached hydrogen (secondary N) is 1. The summed E-state index contributed by atoms with van der Waals surface area (Å²) >= 11 is 0. The number of ether oxygens (including phenoxy) is 2. The van der Waals surface area contributed by atoms with Gasteiger partial charge in [-0.2, -0.15) is 0 Å². The molecule has 1 saturated heterocycles. The largest absolute Gasteiger partial charge is 0.454 e. The smallest absolute Gasteiger partial charge is 0.262 e. The fourth-order valence-electron chi connectivity index (χ4n) is 4.44. The Morgan fingerprint density at radius 1 is 0.889 bits per heavy atom. The third-order valence-corrected chi connectivity index (χ3v) is 8.05. The molecule has 1 fully saturated rings. The highest BCUT2D eigenvalue weighted by Crippen LogP contribution is 2.33. The van der Waals surface area contributed by atoms with Gasteiger partial charge in [-0.15, -0.1) is 0 Å². The van der Waals surface area contributed by atoms with Gasteiger partial charge in [0.2, 0.25) is 6.79 Å². The Labute approximate surface area is 211 Å². The van der Waals surface area contributed by atoms with E-state index >= 15 is 0 Å². The Hall–Kier alpha value is -3.56. The van der Waals surface area contributed by atoms with Gasteiger partial charge in [0.15, 0.2) is 11.5 Å². The molecule has 36 heavy (non-hydrogen) atoms. The van der Waals surface area contributed by atoms with Gasteiger partial charge >= 0.3 is 0 Å². The minimum absolute atomic E-state index is 0.107. The SMILES string of the molecule is Cc1ccc(NS(=O)(=O)c2cc(C(=O)N3CCN(Cc4ccc5c(c4)OCO5)CC3)ccc2C)cc1. The van der Waals surface area contributed by atoms with E-state index in [-0.39, 0.29) is 17.6 Å². The average Bonchev–Trinajstić information content (AvgIpc) is 3.33. The topological polar surface area (TPSA) is 88.2 Å². The molecule has 1 N–H and O–H groups in total. The normalized spacial score (nSPS) is 15.7. The van der Waals surface area contributed by atoms with Gasteiger partial charge in [0.25, 0.3) is 15.9 Å². The Morgan fingerprint density at radius 2 is 1.61 bits per heavy atom. The number of sulfonamides is 1. The van der Waals surface area contributed by atoms with Crippen LogP contribution in [0.2, 0.25) is 0 Å². The van der Waals surface area contributed by atoms with Crippen LogP contribution in [0.25, 0.3) is 0 Å². The first kappa shape index (κ1) is 24.1. The summed E-state index contributed by atoms with van der Waals surface area (Å²) in [5, 5.41) is 0. The molecule has 8 nitrogen and oxygen atoms in total. The number of anilines is 1. The van der Waals surface area contributed by atoms with E-state index in [4.69, 9.17) is 9.47 Å². The summed E-state index contributed by atoms with van der Waals surface area (Å²) in [5.41, 5.74) is 3.61. The van der Waals surface area contributed by atoms with E-state index in [1.807, 2.05) is 37.3 Å². The van der Waals surface area contributed by atoms with Crippen LogP contribution in [0.3, 0.4) is 0 Å². The van der Waals surface area contributed by atoms with Crippen molar-refractivity contribution in [2.75, 3.05) is 37.7 Å². The molecule has 9 heteroatoms. The standard InChI is InChI=1S/C27H29N3O5S/c1-19-3-8-23(9-4-19)28-36(32,33)26-16-22(7-5-20(26)2)27(31)30-13-11-29(12-14-30)17-21-6-10-24-25(15-21)35-18-34-24/h3-10,15-16,28H,11-14,17-18H2,1-2H3. The summed E-state index contributed by atoms with van der Waals surface area (Å²) in [6.07, 6.45) is 0. The van der Waals surface area contributed by atoms with Crippen molar-refractivity contribution in [3.63, 3.8) is 0 Å². The minimum Gasteiger partial charge on any atom is -0.454 e. The number of hydrogen-bond acceptors (Lipinski definition) is 6. The lowest BCUT2D eigenvalue weighted by molar-refractivity contribution is 0.0628. The van der Waals surface area contributed by atoms with Crippen LogP contribution in [0.5, 0.6) is 11.5 Å². The first-order valence-electron chi connectivity index (χ1n) is 11.9. The molecule has 1 amide bonds. The monoisotopic (exact) mass is 507 g/mol. The Kier molecular flexibility index (Phi) is 6.59. The second kappa shape index (κ2) is 9.83. The van der Waals surface area contributed by atoms with Crippen LogP contribution in [0, 0.1) is 13.8 Å². The first-order chi connectivity index (χ1) is 17.3. The Morgan fingerprint density at radius 3 is 2.36 bits per heavy atom. The third kappa shape index (κ3) is 5.17. The summed E-state index contributed by atoms with van der Waals surface area (Å²) in [6, 6.07) is 18.0. The number of hydrogen-bond donors (Lipinski definition) is 1. The molecule has 2 aliphatic rings. The first-order valence-corrected chi connectivity index (χ1v) is 13.4. The fourth-order valence-corrected chi connectivity index (χ4v) is 5.77. The molecular formula is C27H29N3O5S. The van der Waals surface area contributed by atoms with Crippen molar-refractivity contribution in [2.45, 2.75) is 25.3 Å². The van der Waals surface area contributed by atoms with Crippen molar-refractivity contribution in [3.05, 3.63) is 82.9 Å². The van der Waals surface area contributed by atoms with Gasteiger partial charge < -0.3 is 14.4 Å². The van der Waals surface area contributed by atoms with E-state index in [1.165, 1.54) is 6.07 Å². The van der Waals surface area contributed by atoms with Crippen LogP contribution >= 0.6 is 0 Å². The molecule has 0 spiro atoms. The number of piperazine rings is 1. The molecular weight excluding hydrogens is 478 g/mol. The van der Waals surface area contributed by atoms with Gasteiger partial charge in [-0.1, -0.05) is 29.8 Å². The van der Waals surface area contributed by atoms with E-state index < -0.39 is 10.0 Å². The van der Waals surface area contributed by atoms with E-state index in [2.05, 4.69) is 9.62 Å². The molecule has 2 heterocycles. The van der Waals surface area contributed by atoms with Gasteiger partial charge in [-0.05, 0) is 61.4 Å². The molecule has 3 aromatic rings. The number of amides is 1. The second-order valence-corrected chi connectivity index (χ2v) is 10.9. The van der Waals surface area contributed by atoms with E-state index in [1.54, 1.807) is 36.1 Å². The highest BCUT2D eigenvalue weighted by atomic mass is 32.2. The van der Waals surface area contributed by atoms with Crippen LogP contribution in [-0.2, 0) is 16.6 Å². The predicted molar refractivity (Wildman–Crippen MR) is 137 cm³/mol. The zero-order chi connectivity index (χ0) is 25.3. The maximum Gasteiger partial charge on any atom is 0.262 e. The summed E-state index contributed by atoms with van der Waals surface area (Å²) in [7, 11) is -3.84. The van der Waals surface area contributed by atoms with Crippen LogP contribution < -0.4 is 14.2 Å². The lowest BCUT2D eigenvalue weighted by atomic mass is 10.1. The fraction of sp³-hybridized carbons (Fsp3) is 0.296. The highest BCUT2D eigenvalue weighted by molar-refractivity contribution is 7.92. The number of carbonyl (C=O) groups is 1. The quantitative estimate of drug-likeness (QED) is 0.546. The number of aryl methyl sites for hydroxylation is 2. The molecule has 188 valence electrons. The second-order valence-electron chi connectivity index (χ2n) is 9.21. The van der Waals surface area contributed by atoms with Gasteiger partial charge in [-0.25, -0.2) is 8.42 Å². The number of rotatable bonds is 6. The molecule has 0 unspecified atom stereocenters. The van der Waals surface area contributed by atoms with Crippen LogP contribution in [0.15, 0.2) is 65.6 Å². The van der Waals surface area contributed by atoms with E-state index in [0.717, 1.165) is 42.3 Å². The lowest BCUT2D eigenvalue weighted by Gasteiger charge is -2.35. The Balaban J connectivity index is 1.24.